The molecule has 0 amide bonds. The summed E-state index contributed by atoms with van der Waals surface area (Å²) in [5.41, 5.74) is 0.572. The van der Waals surface area contributed by atoms with E-state index < -0.39 is 23.5 Å². The first-order valence-electron chi connectivity index (χ1n) is 5.89. The molecule has 0 aliphatic carbocycles. The number of hydrogen-bond donors (Lipinski definition) is 3. The highest BCUT2D eigenvalue weighted by molar-refractivity contribution is 7.71. The second-order valence-corrected chi connectivity index (χ2v) is 4.27. The molecule has 0 radical (unpaired) electrons. The number of aliphatic carboxylic acids is 1. The zero-order valence-electron chi connectivity index (χ0n) is 11.6. The third-order valence-corrected chi connectivity index (χ3v) is 2.35. The van der Waals surface area contributed by atoms with Crippen LogP contribution in [-0.4, -0.2) is 52.6 Å². The number of nitrogens with one attached hydrogen (secondary N) is 2. The van der Waals surface area contributed by atoms with E-state index in [0.717, 1.165) is 0 Å². The van der Waals surface area contributed by atoms with Gasteiger partial charge < -0.3 is 19.6 Å². The lowest BCUT2D eigenvalue weighted by Gasteiger charge is -2.30. The number of quaternary nitrogens is 1. The highest BCUT2D eigenvalue weighted by atomic mass is 32.1. The van der Waals surface area contributed by atoms with Gasteiger partial charge in [-0.25, -0.2) is 4.79 Å². The van der Waals surface area contributed by atoms with Crippen molar-refractivity contribution in [3.8, 4) is 0 Å². The fourth-order valence-electron chi connectivity index (χ4n) is 1.28. The summed E-state index contributed by atoms with van der Waals surface area (Å²) in [7, 11) is 2.76. The van der Waals surface area contributed by atoms with Gasteiger partial charge in [0.1, 0.15) is 0 Å². The van der Waals surface area contributed by atoms with Crippen LogP contribution in [0.4, 0.5) is 0 Å². The van der Waals surface area contributed by atoms with Gasteiger partial charge in [-0.2, -0.15) is 0 Å². The van der Waals surface area contributed by atoms with Crippen molar-refractivity contribution >= 4 is 18.2 Å². The van der Waals surface area contributed by atoms with Crippen LogP contribution >= 0.6 is 12.2 Å². The minimum absolute atomic E-state index is 0.0634. The van der Waals surface area contributed by atoms with Gasteiger partial charge in [-0.15, -0.1) is 0 Å². The number of carboxylic acids is 1. The van der Waals surface area contributed by atoms with Gasteiger partial charge in [0.25, 0.3) is 0 Å². The van der Waals surface area contributed by atoms with Gasteiger partial charge >= 0.3 is 5.97 Å². The van der Waals surface area contributed by atoms with E-state index in [9.17, 15) is 9.90 Å². The predicted molar refractivity (Wildman–Crippen MR) is 59.1 cm³/mol. The van der Waals surface area contributed by atoms with Gasteiger partial charge in [0, 0.05) is 11.9 Å². The zero-order valence-corrected chi connectivity index (χ0v) is 9.39. The van der Waals surface area contributed by atoms with Crippen LogP contribution in [-0.2, 0) is 11.2 Å². The van der Waals surface area contributed by atoms with Crippen LogP contribution in [0.1, 0.15) is 9.81 Å². The van der Waals surface area contributed by atoms with E-state index in [1.54, 1.807) is 6.20 Å². The van der Waals surface area contributed by atoms with Crippen molar-refractivity contribution in [3.63, 3.8) is 0 Å². The highest BCUT2D eigenvalue weighted by Gasteiger charge is 2.31. The maximum atomic E-state index is 11.3. The molecule has 1 rings (SSSR count). The first-order valence-corrected chi connectivity index (χ1v) is 4.79. The number of aromatic amines is 2. The first-order chi connectivity index (χ1) is 8.05. The minimum atomic E-state index is -2.41. The Morgan fingerprint density at radius 2 is 2.47 bits per heavy atom. The smallest absolute Gasteiger partial charge is 0.362 e. The van der Waals surface area contributed by atoms with E-state index >= 15 is 0 Å². The Morgan fingerprint density at radius 1 is 1.80 bits per heavy atom. The van der Waals surface area contributed by atoms with E-state index in [1.165, 1.54) is 14.1 Å². The van der Waals surface area contributed by atoms with E-state index in [4.69, 9.17) is 16.3 Å². The molecule has 3 N–H and O–H groups in total. The van der Waals surface area contributed by atoms with Gasteiger partial charge in [0.05, 0.1) is 31.6 Å². The molecule has 0 aromatic carbocycles. The monoisotopic (exact) mass is 233 g/mol. The van der Waals surface area contributed by atoms with Crippen LogP contribution in [0.25, 0.3) is 0 Å². The average molecular weight is 233 g/mol. The fraction of sp³-hybridized carbons (Fsp3) is 0.556. The van der Waals surface area contributed by atoms with Crippen molar-refractivity contribution in [3.05, 3.63) is 16.7 Å². The second-order valence-electron chi connectivity index (χ2n) is 3.87. The van der Waals surface area contributed by atoms with Gasteiger partial charge in [-0.1, -0.05) is 0 Å². The molecule has 5 nitrogen and oxygen atoms in total. The Balaban J connectivity index is 3.04. The number of aromatic nitrogens is 2. The molecular weight excluding hydrogens is 214 g/mol. The molecule has 0 aliphatic heterocycles. The summed E-state index contributed by atoms with van der Waals surface area (Å²) >= 11 is 4.84. The van der Waals surface area contributed by atoms with Crippen LogP contribution in [0.5, 0.6) is 0 Å². The van der Waals surface area contributed by atoms with Crippen molar-refractivity contribution < 1.29 is 18.5 Å². The quantitative estimate of drug-likeness (QED) is 0.531. The summed E-state index contributed by atoms with van der Waals surface area (Å²) in [4.78, 5) is 16.8. The molecule has 15 heavy (non-hydrogen) atoms. The number of H-pyrrole nitrogens is 2. The lowest BCUT2D eigenvalue weighted by atomic mass is 10.1. The van der Waals surface area contributed by atoms with Crippen LogP contribution in [0.2, 0.25) is 0 Å². The summed E-state index contributed by atoms with van der Waals surface area (Å²) in [5, 5.41) is 9.22. The van der Waals surface area contributed by atoms with Crippen LogP contribution in [0.15, 0.2) is 6.20 Å². The minimum Gasteiger partial charge on any atom is -0.477 e. The van der Waals surface area contributed by atoms with Crippen molar-refractivity contribution in [2.45, 2.75) is 12.5 Å². The molecule has 0 fully saturated rings. The molecule has 84 valence electrons. The van der Waals surface area contributed by atoms with Crippen LogP contribution in [0, 0.1) is 4.77 Å². The lowest BCUT2D eigenvalue weighted by Crippen LogP contribution is -2.51. The van der Waals surface area contributed by atoms with Crippen molar-refractivity contribution in [1.29, 1.82) is 0 Å². The number of imidazole rings is 1. The third-order valence-electron chi connectivity index (χ3n) is 2.13. The van der Waals surface area contributed by atoms with E-state index in [2.05, 4.69) is 9.97 Å². The SMILES string of the molecule is [2H]C([2H])([2H])[N+](C)(C)[C@@H](Cc1c[nH]c(=S)[nH]1)C(=O)O. The Hall–Kier alpha value is -1.14. The largest absolute Gasteiger partial charge is 0.477 e. The molecular formula is C9H16N3O2S+. The first kappa shape index (κ1) is 8.06. The number of carbonyl (C=O) groups is 1. The molecule has 1 aromatic rings. The van der Waals surface area contributed by atoms with Gasteiger partial charge in [-0.3, -0.25) is 0 Å². The second kappa shape index (κ2) is 4.16. The lowest BCUT2D eigenvalue weighted by molar-refractivity contribution is -0.887. The van der Waals surface area contributed by atoms with Gasteiger partial charge in [0.2, 0.25) is 0 Å². The summed E-state index contributed by atoms with van der Waals surface area (Å²) in [6.07, 6.45) is 1.62. The summed E-state index contributed by atoms with van der Waals surface area (Å²) < 4.78 is 22.1. The van der Waals surface area contributed by atoms with Crippen molar-refractivity contribution in [2.75, 3.05) is 21.1 Å². The molecule has 0 unspecified atom stereocenters. The number of nitrogens with zero attached hydrogens (tertiary/aromatic N) is 1. The normalized spacial score (nSPS) is 17.6. The van der Waals surface area contributed by atoms with Crippen LogP contribution in [0.3, 0.4) is 0 Å². The molecule has 6 heteroatoms. The van der Waals surface area contributed by atoms with Crippen LogP contribution < -0.4 is 0 Å². The molecule has 0 bridgehead atoms. The number of likely N-dealkylation sites (N-methyl/N-ethyl adjacent to an activating group) is 1. The highest BCUT2D eigenvalue weighted by Crippen LogP contribution is 2.09. The molecule has 0 aliphatic rings. The van der Waals surface area contributed by atoms with Crippen molar-refractivity contribution in [1.82, 2.24) is 9.97 Å². The molecule has 0 saturated heterocycles. The summed E-state index contributed by atoms with van der Waals surface area (Å²) in [6.45, 7) is -2.41. The molecule has 1 atom stereocenters. The maximum Gasteiger partial charge on any atom is 0.362 e. The average Bonchev–Trinajstić information content (AvgIpc) is 2.58. The summed E-state index contributed by atoms with van der Waals surface area (Å²) in [6, 6.07) is -1.08. The van der Waals surface area contributed by atoms with E-state index in [1.807, 2.05) is 0 Å². The third kappa shape index (κ3) is 3.17. The Bertz CT molecular complexity index is 492. The Kier molecular flexibility index (Phi) is 2.23. The standard InChI is InChI=1S/C9H15N3O2S/c1-12(2,3)7(8(13)14)4-6-5-10-9(15)11-6/h5,7H,4H2,1-3H3,(H2-,10,11,13,14,15)/p+1/t7-/m0/s1/i1D3. The Labute approximate surface area is 97.5 Å². The molecule has 1 heterocycles. The predicted octanol–water partition coefficient (Wildman–Crippen LogP) is 0.774. The molecule has 0 spiro atoms. The van der Waals surface area contributed by atoms with Crippen molar-refractivity contribution in [2.24, 2.45) is 0 Å². The zero-order chi connectivity index (χ0) is 14.1. The van der Waals surface area contributed by atoms with Gasteiger partial charge in [0.15, 0.2) is 10.8 Å². The van der Waals surface area contributed by atoms with Gasteiger partial charge in [-0.05, 0) is 12.2 Å². The number of rotatable bonds is 4. The maximum absolute atomic E-state index is 11.3. The Morgan fingerprint density at radius 3 is 2.87 bits per heavy atom. The number of hydrogen-bond acceptors (Lipinski definition) is 2. The van der Waals surface area contributed by atoms with E-state index in [0.29, 0.717) is 10.5 Å². The van der Waals surface area contributed by atoms with E-state index in [-0.39, 0.29) is 6.42 Å². The molecule has 0 saturated carbocycles. The fourth-order valence-corrected chi connectivity index (χ4v) is 1.47. The summed E-state index contributed by atoms with van der Waals surface area (Å²) in [5.74, 6) is -1.16. The molecule has 1 aromatic heterocycles. The number of carboxylic acid groups (broad SMARTS) is 1. The topological polar surface area (TPSA) is 68.9 Å².